The number of nitrogens with zero attached hydrogens (tertiary/aromatic N) is 1. The van der Waals surface area contributed by atoms with Crippen molar-refractivity contribution in [2.24, 2.45) is 0 Å². The van der Waals surface area contributed by atoms with Gasteiger partial charge in [-0.05, 0) is 38.5 Å². The number of carboxylic acid groups (broad SMARTS) is 1. The minimum absolute atomic E-state index is 0.182. The Bertz CT molecular complexity index is 632. The lowest BCUT2D eigenvalue weighted by Gasteiger charge is -2.22. The summed E-state index contributed by atoms with van der Waals surface area (Å²) < 4.78 is 36.2. The van der Waals surface area contributed by atoms with Gasteiger partial charge in [-0.2, -0.15) is 8.42 Å². The molecule has 208 valence electrons. The third kappa shape index (κ3) is 23.0. The highest BCUT2D eigenvalue weighted by Crippen LogP contribution is 2.18. The summed E-state index contributed by atoms with van der Waals surface area (Å²) in [5.41, 5.74) is 0. The van der Waals surface area contributed by atoms with Crippen molar-refractivity contribution in [3.05, 3.63) is 0 Å². The predicted octanol–water partition coefficient (Wildman–Crippen LogP) is 6.54. The first-order valence-corrected chi connectivity index (χ1v) is 15.2. The Labute approximate surface area is 214 Å². The number of hydrogen-bond donors (Lipinski definition) is 2. The number of carbonyl (C=O) groups is 2. The molecule has 0 rings (SSSR count). The van der Waals surface area contributed by atoms with Crippen molar-refractivity contribution < 1.29 is 31.8 Å². The molecule has 0 heterocycles. The Hall–Kier alpha value is -1.19. The highest BCUT2D eigenvalue weighted by molar-refractivity contribution is 7.80. The molecule has 1 atom stereocenters. The number of carbonyl (C=O) groups excluding carboxylic acids is 1. The van der Waals surface area contributed by atoms with E-state index in [4.69, 9.17) is 13.8 Å². The third-order valence-corrected chi connectivity index (χ3v) is 6.77. The van der Waals surface area contributed by atoms with E-state index in [1.165, 1.54) is 0 Å². The molecule has 0 saturated heterocycles. The molecular formula is C26H51NO7S. The number of aliphatic carboxylic acids is 1. The molecular weight excluding hydrogens is 470 g/mol. The maximum Gasteiger partial charge on any atom is 0.397 e. The number of hydrogen-bond acceptors (Lipinski definition) is 5. The second kappa shape index (κ2) is 22.0. The summed E-state index contributed by atoms with van der Waals surface area (Å²) in [4.78, 5) is 25.0. The molecule has 0 aromatic carbocycles. The van der Waals surface area contributed by atoms with E-state index in [9.17, 15) is 18.0 Å². The molecule has 0 aromatic rings. The molecule has 0 aliphatic carbocycles. The quantitative estimate of drug-likeness (QED) is 0.103. The fourth-order valence-electron chi connectivity index (χ4n) is 4.16. The van der Waals surface area contributed by atoms with E-state index in [1.807, 2.05) is 4.90 Å². The van der Waals surface area contributed by atoms with E-state index in [0.717, 1.165) is 103 Å². The van der Waals surface area contributed by atoms with Crippen molar-refractivity contribution in [2.45, 2.75) is 142 Å². The zero-order valence-electron chi connectivity index (χ0n) is 22.2. The van der Waals surface area contributed by atoms with Crippen molar-refractivity contribution in [1.29, 1.82) is 0 Å². The lowest BCUT2D eigenvalue weighted by Crippen LogP contribution is -2.32. The molecule has 0 unspecified atom stereocenters. The largest absolute Gasteiger partial charge is 0.481 e. The molecule has 0 saturated carbocycles. The summed E-state index contributed by atoms with van der Waals surface area (Å²) >= 11 is 0. The van der Waals surface area contributed by atoms with Crippen molar-refractivity contribution in [3.8, 4) is 0 Å². The average Bonchev–Trinajstić information content (AvgIpc) is 2.78. The second-order valence-corrected chi connectivity index (χ2v) is 10.6. The van der Waals surface area contributed by atoms with Crippen LogP contribution in [0.15, 0.2) is 0 Å². The van der Waals surface area contributed by atoms with E-state index in [1.54, 1.807) is 0 Å². The van der Waals surface area contributed by atoms with Crippen LogP contribution in [0.1, 0.15) is 136 Å². The van der Waals surface area contributed by atoms with E-state index >= 15 is 0 Å². The second-order valence-electron chi connectivity index (χ2n) is 9.59. The Morgan fingerprint density at radius 1 is 0.714 bits per heavy atom. The monoisotopic (exact) mass is 521 g/mol. The van der Waals surface area contributed by atoms with Crippen LogP contribution in [0.2, 0.25) is 0 Å². The van der Waals surface area contributed by atoms with Crippen LogP contribution >= 0.6 is 0 Å². The molecule has 0 fully saturated rings. The molecule has 0 spiro atoms. The summed E-state index contributed by atoms with van der Waals surface area (Å²) in [6.07, 6.45) is 15.6. The summed E-state index contributed by atoms with van der Waals surface area (Å²) in [5.74, 6) is -0.504. The molecule has 8 nitrogen and oxygen atoms in total. The lowest BCUT2D eigenvalue weighted by atomic mass is 10.0. The van der Waals surface area contributed by atoms with Crippen molar-refractivity contribution in [2.75, 3.05) is 13.1 Å². The summed E-state index contributed by atoms with van der Waals surface area (Å²) in [7, 11) is -4.47. The highest BCUT2D eigenvalue weighted by Gasteiger charge is 2.17. The van der Waals surface area contributed by atoms with Gasteiger partial charge in [-0.15, -0.1) is 0 Å². The van der Waals surface area contributed by atoms with Gasteiger partial charge in [0.15, 0.2) is 0 Å². The fraction of sp³-hybridized carbons (Fsp3) is 0.923. The van der Waals surface area contributed by atoms with Crippen LogP contribution in [0, 0.1) is 0 Å². The first-order chi connectivity index (χ1) is 16.7. The van der Waals surface area contributed by atoms with Gasteiger partial charge in [0.1, 0.15) is 0 Å². The number of unbranched alkanes of at least 4 members (excludes halogenated alkanes) is 11. The highest BCUT2D eigenvalue weighted by atomic mass is 32.3. The smallest absolute Gasteiger partial charge is 0.397 e. The normalized spacial score (nSPS) is 12.5. The summed E-state index contributed by atoms with van der Waals surface area (Å²) in [6.45, 7) is 6.03. The maximum absolute atomic E-state index is 12.5. The van der Waals surface area contributed by atoms with E-state index in [0.29, 0.717) is 25.7 Å². The van der Waals surface area contributed by atoms with Gasteiger partial charge in [-0.3, -0.25) is 14.1 Å². The van der Waals surface area contributed by atoms with E-state index < -0.39 is 22.5 Å². The van der Waals surface area contributed by atoms with E-state index in [2.05, 4.69) is 13.8 Å². The van der Waals surface area contributed by atoms with Crippen LogP contribution in [0.25, 0.3) is 0 Å². The molecule has 0 radical (unpaired) electrons. The minimum atomic E-state index is -4.47. The van der Waals surface area contributed by atoms with Crippen LogP contribution in [0.5, 0.6) is 0 Å². The first-order valence-electron chi connectivity index (χ1n) is 13.8. The van der Waals surface area contributed by atoms with Crippen LogP contribution in [0.4, 0.5) is 0 Å². The van der Waals surface area contributed by atoms with Gasteiger partial charge in [0.05, 0.1) is 6.10 Å². The van der Waals surface area contributed by atoms with Gasteiger partial charge in [-0.1, -0.05) is 84.5 Å². The molecule has 35 heavy (non-hydrogen) atoms. The van der Waals surface area contributed by atoms with Gasteiger partial charge in [-0.25, -0.2) is 4.18 Å². The van der Waals surface area contributed by atoms with Crippen molar-refractivity contribution in [3.63, 3.8) is 0 Å². The predicted molar refractivity (Wildman–Crippen MR) is 140 cm³/mol. The Morgan fingerprint density at radius 2 is 1.14 bits per heavy atom. The average molecular weight is 522 g/mol. The summed E-state index contributed by atoms with van der Waals surface area (Å²) in [6, 6.07) is 0. The number of carboxylic acids is 1. The molecule has 0 bridgehead atoms. The zero-order chi connectivity index (χ0) is 26.4. The first kappa shape index (κ1) is 33.8. The topological polar surface area (TPSA) is 121 Å². The van der Waals surface area contributed by atoms with Gasteiger partial charge >= 0.3 is 16.4 Å². The lowest BCUT2D eigenvalue weighted by molar-refractivity contribution is -0.137. The van der Waals surface area contributed by atoms with E-state index in [-0.39, 0.29) is 12.3 Å². The van der Waals surface area contributed by atoms with Crippen LogP contribution in [-0.2, 0) is 24.2 Å². The van der Waals surface area contributed by atoms with Gasteiger partial charge < -0.3 is 10.0 Å². The minimum Gasteiger partial charge on any atom is -0.481 e. The van der Waals surface area contributed by atoms with Crippen LogP contribution in [0.3, 0.4) is 0 Å². The van der Waals surface area contributed by atoms with Crippen molar-refractivity contribution >= 4 is 22.3 Å². The van der Waals surface area contributed by atoms with Gasteiger partial charge in [0, 0.05) is 25.9 Å². The van der Waals surface area contributed by atoms with Gasteiger partial charge in [0.25, 0.3) is 0 Å². The number of amides is 1. The molecule has 0 aliphatic heterocycles. The van der Waals surface area contributed by atoms with Gasteiger partial charge in [0.2, 0.25) is 5.91 Å². The van der Waals surface area contributed by atoms with Crippen LogP contribution in [-0.4, -0.2) is 54.0 Å². The molecule has 1 amide bonds. The summed E-state index contributed by atoms with van der Waals surface area (Å²) in [5, 5.41) is 8.64. The zero-order valence-corrected chi connectivity index (χ0v) is 23.0. The Balaban J connectivity index is 4.01. The number of rotatable bonds is 25. The molecule has 0 aromatic heterocycles. The molecule has 9 heteroatoms. The molecule has 0 aliphatic rings. The SMILES string of the molecule is CCCCN(CCCC)C(=O)CCCCCCCC[C@H](CCCCCCCC(=O)O)OS(=O)(=O)O. The third-order valence-electron chi connectivity index (χ3n) is 6.26. The Kier molecular flexibility index (Phi) is 21.3. The van der Waals surface area contributed by atoms with Crippen molar-refractivity contribution in [1.82, 2.24) is 4.90 Å². The fourth-order valence-corrected chi connectivity index (χ4v) is 4.70. The standard InChI is InChI=1S/C26H51NO7S/c1-3-5-22-27(23-6-4-2)25(28)20-16-12-8-7-10-14-18-24(34-35(31,32)33)19-15-11-9-13-17-21-26(29)30/h24H,3-23H2,1-2H3,(H,29,30)(H,31,32,33)/t24-/m1/s1. The Morgan fingerprint density at radius 3 is 1.57 bits per heavy atom. The molecule has 2 N–H and O–H groups in total. The maximum atomic E-state index is 12.5. The van der Waals surface area contributed by atoms with Crippen LogP contribution < -0.4 is 0 Å².